The lowest BCUT2D eigenvalue weighted by Crippen LogP contribution is -2.44. The first-order chi connectivity index (χ1) is 11.5. The molecule has 126 valence electrons. The van der Waals surface area contributed by atoms with E-state index in [4.69, 9.17) is 17.0 Å². The second-order valence-corrected chi connectivity index (χ2v) is 6.21. The first-order valence-electron chi connectivity index (χ1n) is 7.80. The first-order valence-corrected chi connectivity index (χ1v) is 8.20. The Balaban J connectivity index is 2.01. The molecule has 1 saturated heterocycles. The summed E-state index contributed by atoms with van der Waals surface area (Å²) in [6.45, 7) is 7.59. The van der Waals surface area contributed by atoms with Gasteiger partial charge in [-0.3, -0.25) is 14.2 Å². The highest BCUT2D eigenvalue weighted by Crippen LogP contribution is 2.15. The molecule has 1 fully saturated rings. The van der Waals surface area contributed by atoms with E-state index in [2.05, 4.69) is 11.6 Å². The van der Waals surface area contributed by atoms with Crippen molar-refractivity contribution < 1.29 is 9.53 Å². The summed E-state index contributed by atoms with van der Waals surface area (Å²) in [6.07, 6.45) is 1.65. The molecule has 0 spiro atoms. The molecular weight excluding hydrogens is 326 g/mol. The molecule has 6 nitrogen and oxygen atoms in total. The van der Waals surface area contributed by atoms with Crippen LogP contribution in [0.3, 0.4) is 0 Å². The number of nitrogens with zero attached hydrogens (tertiary/aromatic N) is 2. The summed E-state index contributed by atoms with van der Waals surface area (Å²) >= 11 is 5.23. The molecule has 2 aromatic rings. The average molecular weight is 345 g/mol. The van der Waals surface area contributed by atoms with Gasteiger partial charge in [-0.2, -0.15) is 0 Å². The zero-order valence-corrected chi connectivity index (χ0v) is 14.3. The van der Waals surface area contributed by atoms with Crippen LogP contribution in [-0.4, -0.2) is 46.2 Å². The number of ether oxygens (including phenoxy) is 1. The Bertz CT molecular complexity index is 915. The van der Waals surface area contributed by atoms with Crippen LogP contribution in [0.5, 0.6) is 0 Å². The largest absolute Gasteiger partial charge is 0.375 e. The minimum absolute atomic E-state index is 0.0278. The van der Waals surface area contributed by atoms with E-state index in [1.165, 1.54) is 4.57 Å². The summed E-state index contributed by atoms with van der Waals surface area (Å²) in [7, 11) is 0. The van der Waals surface area contributed by atoms with Crippen LogP contribution in [0.15, 0.2) is 35.6 Å². The van der Waals surface area contributed by atoms with Gasteiger partial charge in [-0.25, -0.2) is 0 Å². The summed E-state index contributed by atoms with van der Waals surface area (Å²) in [5.74, 6) is -0.0679. The Hall–Kier alpha value is -2.25. The van der Waals surface area contributed by atoms with Gasteiger partial charge in [0.05, 0.1) is 23.6 Å². The Morgan fingerprint density at radius 2 is 2.33 bits per heavy atom. The third-order valence-corrected chi connectivity index (χ3v) is 4.39. The fourth-order valence-corrected chi connectivity index (χ4v) is 3.14. The van der Waals surface area contributed by atoms with Crippen molar-refractivity contribution in [2.24, 2.45) is 0 Å². The molecule has 1 aromatic carbocycles. The number of fused-ring (bicyclic) bond motifs is 1. The Morgan fingerprint density at radius 1 is 1.54 bits per heavy atom. The summed E-state index contributed by atoms with van der Waals surface area (Å²) in [4.78, 5) is 29.9. The second kappa shape index (κ2) is 6.70. The molecule has 1 N–H and O–H groups in total. The summed E-state index contributed by atoms with van der Waals surface area (Å²) in [5, 5.41) is 0.498. The number of aromatic nitrogens is 2. The molecule has 0 bridgehead atoms. The number of carbonyl (C=O) groups excluding carboxylic acids is 1. The van der Waals surface area contributed by atoms with E-state index in [9.17, 15) is 9.59 Å². The maximum Gasteiger partial charge on any atom is 0.262 e. The van der Waals surface area contributed by atoms with E-state index in [0.29, 0.717) is 47.5 Å². The smallest absolute Gasteiger partial charge is 0.262 e. The maximum absolute atomic E-state index is 12.7. The van der Waals surface area contributed by atoms with E-state index >= 15 is 0 Å². The summed E-state index contributed by atoms with van der Waals surface area (Å²) in [6, 6.07) is 5.04. The van der Waals surface area contributed by atoms with Gasteiger partial charge >= 0.3 is 0 Å². The molecule has 24 heavy (non-hydrogen) atoms. The van der Waals surface area contributed by atoms with Crippen molar-refractivity contribution >= 4 is 29.0 Å². The van der Waals surface area contributed by atoms with Crippen LogP contribution >= 0.6 is 12.2 Å². The molecule has 1 amide bonds. The number of allylic oxidation sites excluding steroid dienone is 1. The molecule has 1 unspecified atom stereocenters. The number of benzene rings is 1. The van der Waals surface area contributed by atoms with Gasteiger partial charge in [0.15, 0.2) is 4.77 Å². The van der Waals surface area contributed by atoms with Crippen molar-refractivity contribution in [1.82, 2.24) is 14.5 Å². The highest BCUT2D eigenvalue weighted by molar-refractivity contribution is 7.71. The number of rotatable bonds is 3. The van der Waals surface area contributed by atoms with E-state index in [1.807, 2.05) is 6.92 Å². The predicted molar refractivity (Wildman–Crippen MR) is 94.9 cm³/mol. The van der Waals surface area contributed by atoms with E-state index in [0.717, 1.165) is 0 Å². The summed E-state index contributed by atoms with van der Waals surface area (Å²) in [5.41, 5.74) is 0.910. The third kappa shape index (κ3) is 3.05. The van der Waals surface area contributed by atoms with Crippen LogP contribution in [0.1, 0.15) is 17.3 Å². The molecule has 1 atom stereocenters. The molecule has 1 aliphatic heterocycles. The number of hydrogen-bond acceptors (Lipinski definition) is 4. The minimum atomic E-state index is -0.187. The van der Waals surface area contributed by atoms with Crippen molar-refractivity contribution in [3.8, 4) is 0 Å². The number of nitrogens with one attached hydrogen (secondary N) is 1. The maximum atomic E-state index is 12.7. The van der Waals surface area contributed by atoms with Crippen molar-refractivity contribution in [2.75, 3.05) is 19.7 Å². The van der Waals surface area contributed by atoms with E-state index < -0.39 is 0 Å². The highest BCUT2D eigenvalue weighted by Gasteiger charge is 2.22. The number of morpholine rings is 1. The van der Waals surface area contributed by atoms with Gasteiger partial charge in [-0.15, -0.1) is 6.58 Å². The number of carbonyl (C=O) groups is 1. The van der Waals surface area contributed by atoms with Crippen LogP contribution < -0.4 is 5.56 Å². The number of amides is 1. The number of hydrogen-bond donors (Lipinski definition) is 1. The highest BCUT2D eigenvalue weighted by atomic mass is 32.1. The third-order valence-electron chi connectivity index (χ3n) is 4.07. The molecule has 0 saturated carbocycles. The van der Waals surface area contributed by atoms with E-state index in [-0.39, 0.29) is 17.6 Å². The lowest BCUT2D eigenvalue weighted by Gasteiger charge is -2.31. The monoisotopic (exact) mass is 345 g/mol. The van der Waals surface area contributed by atoms with Gasteiger partial charge in [0.1, 0.15) is 0 Å². The van der Waals surface area contributed by atoms with Crippen LogP contribution in [0.25, 0.3) is 10.9 Å². The molecule has 2 heterocycles. The molecule has 7 heteroatoms. The normalized spacial score (nSPS) is 17.9. The van der Waals surface area contributed by atoms with Crippen LogP contribution in [0.4, 0.5) is 0 Å². The molecule has 3 rings (SSSR count). The summed E-state index contributed by atoms with van der Waals surface area (Å²) < 4.78 is 7.22. The Kier molecular flexibility index (Phi) is 4.64. The molecule has 0 radical (unpaired) electrons. The van der Waals surface area contributed by atoms with Gasteiger partial charge in [-0.1, -0.05) is 6.08 Å². The zero-order chi connectivity index (χ0) is 17.3. The lowest BCUT2D eigenvalue weighted by atomic mass is 10.1. The standard InChI is InChI=1S/C17H19N3O3S/c1-3-6-20-16(22)13-5-4-12(9-14(13)18-17(20)24)15(21)19-7-8-23-11(2)10-19/h3-5,9,11H,1,6-8,10H2,2H3,(H,18,24). The predicted octanol–water partition coefficient (Wildman–Crippen LogP) is 2.11. The molecule has 1 aromatic heterocycles. The molecule has 0 aliphatic carbocycles. The van der Waals surface area contributed by atoms with Crippen molar-refractivity contribution in [3.05, 3.63) is 51.5 Å². The average Bonchev–Trinajstić information content (AvgIpc) is 2.57. The second-order valence-electron chi connectivity index (χ2n) is 5.83. The quantitative estimate of drug-likeness (QED) is 0.683. The van der Waals surface area contributed by atoms with Crippen LogP contribution in [0, 0.1) is 4.77 Å². The Morgan fingerprint density at radius 3 is 3.04 bits per heavy atom. The fourth-order valence-electron chi connectivity index (χ4n) is 2.87. The SMILES string of the molecule is C=CCn1c(=S)[nH]c2cc(C(=O)N3CCOC(C)C3)ccc2c1=O. The fraction of sp³-hybridized carbons (Fsp3) is 0.353. The first kappa shape index (κ1) is 16.6. The topological polar surface area (TPSA) is 67.3 Å². The van der Waals surface area contributed by atoms with Crippen molar-refractivity contribution in [3.63, 3.8) is 0 Å². The molecular formula is C17H19N3O3S. The van der Waals surface area contributed by atoms with Gasteiger partial charge in [0, 0.05) is 25.2 Å². The lowest BCUT2D eigenvalue weighted by molar-refractivity contribution is -0.0124. The van der Waals surface area contributed by atoms with Gasteiger partial charge in [0.2, 0.25) is 0 Å². The minimum Gasteiger partial charge on any atom is -0.375 e. The van der Waals surface area contributed by atoms with Crippen LogP contribution in [-0.2, 0) is 11.3 Å². The van der Waals surface area contributed by atoms with Gasteiger partial charge in [-0.05, 0) is 37.3 Å². The zero-order valence-electron chi connectivity index (χ0n) is 13.4. The molecule has 1 aliphatic rings. The number of aromatic amines is 1. The van der Waals surface area contributed by atoms with Gasteiger partial charge in [0.25, 0.3) is 11.5 Å². The number of H-pyrrole nitrogens is 1. The Labute approximate surface area is 144 Å². The van der Waals surface area contributed by atoms with E-state index in [1.54, 1.807) is 29.2 Å². The van der Waals surface area contributed by atoms with Crippen molar-refractivity contribution in [1.29, 1.82) is 0 Å². The van der Waals surface area contributed by atoms with Crippen LogP contribution in [0.2, 0.25) is 0 Å². The van der Waals surface area contributed by atoms with Crippen molar-refractivity contribution in [2.45, 2.75) is 19.6 Å². The van der Waals surface area contributed by atoms with Gasteiger partial charge < -0.3 is 14.6 Å².